The molecular formula is C30H32O15. The maximum absolute atomic E-state index is 13.8. The number of phenolic OH excluding ortho intramolecular Hbond substituents is 3. The Hall–Kier alpha value is -3.99. The third kappa shape index (κ3) is 4.45. The Morgan fingerprint density at radius 1 is 0.933 bits per heavy atom. The molecule has 2 saturated heterocycles. The second-order valence-electron chi connectivity index (χ2n) is 12.0. The van der Waals surface area contributed by atoms with Crippen molar-refractivity contribution in [3.8, 4) is 17.2 Å². The molecule has 242 valence electrons. The number of carbonyl (C=O) groups is 3. The second-order valence-corrected chi connectivity index (χ2v) is 12.0. The molecule has 5 aliphatic rings. The highest BCUT2D eigenvalue weighted by Crippen LogP contribution is 2.74. The minimum absolute atomic E-state index is 0.0445. The molecule has 10 atom stereocenters. The summed E-state index contributed by atoms with van der Waals surface area (Å²) in [6.45, 7) is 0.170. The summed E-state index contributed by atoms with van der Waals surface area (Å²) < 4.78 is 29.1. The van der Waals surface area contributed by atoms with Crippen LogP contribution in [0.2, 0.25) is 0 Å². The summed E-state index contributed by atoms with van der Waals surface area (Å²) in [7, 11) is 0. The topological polar surface area (TPSA) is 239 Å². The van der Waals surface area contributed by atoms with E-state index in [0.717, 1.165) is 12.1 Å². The van der Waals surface area contributed by atoms with Gasteiger partial charge < -0.3 is 59.4 Å². The Balaban J connectivity index is 1.34. The number of hydrogen-bond acceptors (Lipinski definition) is 15. The zero-order valence-electron chi connectivity index (χ0n) is 23.8. The molecule has 0 radical (unpaired) electrons. The largest absolute Gasteiger partial charge is 0.504 e. The number of esters is 3. The van der Waals surface area contributed by atoms with E-state index in [1.807, 2.05) is 0 Å². The van der Waals surface area contributed by atoms with Crippen LogP contribution in [0.25, 0.3) is 0 Å². The Morgan fingerprint density at radius 2 is 1.60 bits per heavy atom. The van der Waals surface area contributed by atoms with Crippen LogP contribution in [-0.4, -0.2) is 115 Å². The van der Waals surface area contributed by atoms with Crippen LogP contribution >= 0.6 is 0 Å². The number of aliphatic hydroxyl groups is 4. The van der Waals surface area contributed by atoms with E-state index in [0.29, 0.717) is 0 Å². The second kappa shape index (κ2) is 10.8. The van der Waals surface area contributed by atoms with Gasteiger partial charge >= 0.3 is 17.9 Å². The molecule has 3 aliphatic carbocycles. The fraction of sp³-hybridized carbons (Fsp3) is 0.500. The van der Waals surface area contributed by atoms with E-state index in [4.69, 9.17) is 23.7 Å². The number of aliphatic hydroxyl groups excluding tert-OH is 4. The molecule has 7 rings (SSSR count). The van der Waals surface area contributed by atoms with Gasteiger partial charge in [-0.05, 0) is 37.6 Å². The Morgan fingerprint density at radius 3 is 2.24 bits per heavy atom. The molecule has 0 amide bonds. The minimum Gasteiger partial charge on any atom is -0.504 e. The predicted octanol–water partition coefficient (Wildman–Crippen LogP) is -0.533. The van der Waals surface area contributed by atoms with Gasteiger partial charge in [0.05, 0.1) is 17.7 Å². The highest BCUT2D eigenvalue weighted by molar-refractivity contribution is 5.92. The van der Waals surface area contributed by atoms with Crippen molar-refractivity contribution in [1.82, 2.24) is 0 Å². The van der Waals surface area contributed by atoms with E-state index in [2.05, 4.69) is 0 Å². The lowest BCUT2D eigenvalue weighted by atomic mass is 9.40. The van der Waals surface area contributed by atoms with Crippen molar-refractivity contribution in [2.24, 2.45) is 11.3 Å². The van der Waals surface area contributed by atoms with E-state index < -0.39 is 108 Å². The summed E-state index contributed by atoms with van der Waals surface area (Å²) >= 11 is 0. The molecule has 2 aliphatic heterocycles. The summed E-state index contributed by atoms with van der Waals surface area (Å²) in [5, 5.41) is 70.5. The zero-order valence-corrected chi connectivity index (χ0v) is 23.8. The van der Waals surface area contributed by atoms with Gasteiger partial charge in [0.25, 0.3) is 0 Å². The number of hydrogen-bond donors (Lipinski definition) is 7. The van der Waals surface area contributed by atoms with Crippen LogP contribution in [0, 0.1) is 11.3 Å². The maximum Gasteiger partial charge on any atom is 0.338 e. The van der Waals surface area contributed by atoms with Crippen LogP contribution in [0.1, 0.15) is 40.5 Å². The van der Waals surface area contributed by atoms with Crippen molar-refractivity contribution in [1.29, 1.82) is 0 Å². The van der Waals surface area contributed by atoms with E-state index in [1.54, 1.807) is 18.2 Å². The molecule has 15 nitrogen and oxygen atoms in total. The van der Waals surface area contributed by atoms with Crippen LogP contribution in [0.3, 0.4) is 0 Å². The highest BCUT2D eigenvalue weighted by atomic mass is 16.7. The average Bonchev–Trinajstić information content (AvgIpc) is 3.07. The molecule has 0 aromatic heterocycles. The van der Waals surface area contributed by atoms with Gasteiger partial charge in [0.15, 0.2) is 23.5 Å². The molecular weight excluding hydrogens is 600 g/mol. The van der Waals surface area contributed by atoms with Gasteiger partial charge in [-0.15, -0.1) is 0 Å². The van der Waals surface area contributed by atoms with E-state index >= 15 is 0 Å². The number of phenols is 3. The molecule has 9 unspecified atom stereocenters. The van der Waals surface area contributed by atoms with E-state index in [1.165, 1.54) is 19.1 Å². The van der Waals surface area contributed by atoms with Crippen molar-refractivity contribution < 1.29 is 73.8 Å². The van der Waals surface area contributed by atoms with Gasteiger partial charge in [0, 0.05) is 12.3 Å². The molecule has 2 aromatic carbocycles. The van der Waals surface area contributed by atoms with Gasteiger partial charge in [-0.2, -0.15) is 0 Å². The van der Waals surface area contributed by atoms with Gasteiger partial charge in [-0.1, -0.05) is 18.2 Å². The molecule has 0 spiro atoms. The van der Waals surface area contributed by atoms with Gasteiger partial charge in [0.1, 0.15) is 53.7 Å². The summed E-state index contributed by atoms with van der Waals surface area (Å²) in [5.41, 5.74) is -5.17. The van der Waals surface area contributed by atoms with Gasteiger partial charge in [-0.3, -0.25) is 4.79 Å². The lowest BCUT2D eigenvalue weighted by molar-refractivity contribution is -0.393. The van der Waals surface area contributed by atoms with Crippen LogP contribution in [0.4, 0.5) is 0 Å². The van der Waals surface area contributed by atoms with Crippen molar-refractivity contribution in [3.63, 3.8) is 0 Å². The highest BCUT2D eigenvalue weighted by Gasteiger charge is 2.89. The molecule has 45 heavy (non-hydrogen) atoms. The summed E-state index contributed by atoms with van der Waals surface area (Å²) in [5.74, 6) is -5.87. The third-order valence-electron chi connectivity index (χ3n) is 9.61. The molecule has 2 heterocycles. The van der Waals surface area contributed by atoms with Crippen LogP contribution in [0.15, 0.2) is 42.5 Å². The quantitative estimate of drug-likeness (QED) is 0.110. The van der Waals surface area contributed by atoms with Crippen LogP contribution in [-0.2, 0) is 28.5 Å². The van der Waals surface area contributed by atoms with Crippen molar-refractivity contribution in [3.05, 3.63) is 53.6 Å². The standard InChI is InChI=1S/C30H32O15/c1-28-10-18(42-25(39)14-7-16(32)20(34)17(33)8-14)15-9-30(28,44-26-23(37)22(36)21(35)19(11-31)43-26)29(15,27(40)45-28)12-41-24(38)13-5-3-2-4-6-13/h2-8,15,18-19,21-23,26,31-37H,9-12H2,1H3/t15-,18?,19?,21?,22?,23?,26?,28?,29?,30?/m1/s1. The van der Waals surface area contributed by atoms with Crippen LogP contribution < -0.4 is 0 Å². The molecule has 5 fully saturated rings. The third-order valence-corrected chi connectivity index (χ3v) is 9.61. The normalized spacial score (nSPS) is 38.2. The predicted molar refractivity (Wildman–Crippen MR) is 145 cm³/mol. The number of ether oxygens (including phenoxy) is 5. The number of fused-ring (bicyclic) bond motifs is 1. The van der Waals surface area contributed by atoms with Gasteiger partial charge in [-0.25, -0.2) is 9.59 Å². The summed E-state index contributed by atoms with van der Waals surface area (Å²) in [6, 6.07) is 9.73. The first-order valence-corrected chi connectivity index (χ1v) is 14.2. The zero-order chi connectivity index (χ0) is 32.5. The lowest BCUT2D eigenvalue weighted by Gasteiger charge is -2.66. The lowest BCUT2D eigenvalue weighted by Crippen LogP contribution is -2.80. The van der Waals surface area contributed by atoms with Crippen LogP contribution in [0.5, 0.6) is 17.2 Å². The van der Waals surface area contributed by atoms with Crippen molar-refractivity contribution in [2.75, 3.05) is 13.2 Å². The first-order chi connectivity index (χ1) is 21.3. The van der Waals surface area contributed by atoms with Crippen molar-refractivity contribution >= 4 is 17.9 Å². The minimum atomic E-state index is -1.82. The first-order valence-electron chi connectivity index (χ1n) is 14.2. The summed E-state index contributed by atoms with van der Waals surface area (Å²) in [4.78, 5) is 39.9. The number of aromatic hydroxyl groups is 3. The molecule has 2 aromatic rings. The fourth-order valence-corrected chi connectivity index (χ4v) is 7.21. The number of benzene rings is 2. The average molecular weight is 633 g/mol. The molecule has 4 bridgehead atoms. The van der Waals surface area contributed by atoms with Crippen molar-refractivity contribution in [2.45, 2.75) is 67.8 Å². The fourth-order valence-electron chi connectivity index (χ4n) is 7.21. The Labute approximate surface area is 255 Å². The van der Waals surface area contributed by atoms with E-state index in [9.17, 15) is 50.1 Å². The number of carbonyl (C=O) groups excluding carboxylic acids is 3. The smallest absolute Gasteiger partial charge is 0.338 e. The SMILES string of the molecule is CC12CC(OC(=O)c3cc(O)c(O)c(O)c3)[C@H]3CC1(OC1OC(CO)C(O)C(O)C1O)C3(COC(=O)c1ccccc1)C(=O)O2. The monoisotopic (exact) mass is 632 g/mol. The molecule has 3 saturated carbocycles. The summed E-state index contributed by atoms with van der Waals surface area (Å²) in [6.07, 6.45) is -9.49. The molecule has 15 heteroatoms. The van der Waals surface area contributed by atoms with Gasteiger partial charge in [0.2, 0.25) is 0 Å². The maximum atomic E-state index is 13.8. The molecule has 7 N–H and O–H groups in total. The number of rotatable bonds is 8. The Bertz CT molecular complexity index is 1490. The first kappa shape index (κ1) is 31.0. The van der Waals surface area contributed by atoms with E-state index in [-0.39, 0.29) is 24.0 Å². The Kier molecular flexibility index (Phi) is 7.46.